The van der Waals surface area contributed by atoms with Crippen molar-refractivity contribution < 1.29 is 9.90 Å². The molecule has 0 radical (unpaired) electrons. The first-order chi connectivity index (χ1) is 12.5. The van der Waals surface area contributed by atoms with Crippen LogP contribution in [0.3, 0.4) is 0 Å². The van der Waals surface area contributed by atoms with Crippen molar-refractivity contribution in [2.45, 2.75) is 37.7 Å². The Hall–Kier alpha value is -2.79. The summed E-state index contributed by atoms with van der Waals surface area (Å²) in [5.74, 6) is -0.373. The molecule has 0 unspecified atom stereocenters. The van der Waals surface area contributed by atoms with Crippen LogP contribution < -0.4 is 10.9 Å². The highest BCUT2D eigenvalue weighted by atomic mass is 16.3. The van der Waals surface area contributed by atoms with E-state index in [1.807, 2.05) is 0 Å². The first-order valence-electron chi connectivity index (χ1n) is 8.86. The van der Waals surface area contributed by atoms with Crippen molar-refractivity contribution in [1.82, 2.24) is 4.98 Å². The summed E-state index contributed by atoms with van der Waals surface area (Å²) in [4.78, 5) is 41.1. The molecule has 0 aliphatic heterocycles. The highest BCUT2D eigenvalue weighted by molar-refractivity contribution is 6.04. The molecule has 3 aromatic rings. The number of hydrogen-bond donors (Lipinski definition) is 2. The van der Waals surface area contributed by atoms with Gasteiger partial charge >= 0.3 is 0 Å². The number of fused-ring (bicyclic) bond motifs is 2. The summed E-state index contributed by atoms with van der Waals surface area (Å²) in [6.45, 7) is 0. The van der Waals surface area contributed by atoms with Crippen LogP contribution in [0, 0.1) is 0 Å². The fourth-order valence-corrected chi connectivity index (χ4v) is 3.79. The van der Waals surface area contributed by atoms with E-state index in [0.717, 1.165) is 19.3 Å². The van der Waals surface area contributed by atoms with Crippen molar-refractivity contribution in [1.29, 1.82) is 0 Å². The van der Waals surface area contributed by atoms with Gasteiger partial charge in [0, 0.05) is 22.0 Å². The lowest BCUT2D eigenvalue weighted by Crippen LogP contribution is -2.40. The standard InChI is InChI=1S/C21H19NO4/c23-18-14-6-2-3-7-16(14)22-17-9-8-13(12-15(17)19(18)24)20(25)21(26)10-4-1-5-11-21/h2-3,6-9,12,22,26H,1,4-5,10-11H2. The van der Waals surface area contributed by atoms with Crippen LogP contribution >= 0.6 is 0 Å². The Bertz CT molecular complexity index is 1140. The lowest BCUT2D eigenvalue weighted by atomic mass is 9.79. The molecule has 1 aliphatic carbocycles. The SMILES string of the molecule is O=C(c1ccc2[nH]c3ccccc3c(=O)c(=O)c2c1)C1(O)CCCCC1. The maximum atomic E-state index is 12.8. The van der Waals surface area contributed by atoms with Gasteiger partial charge in [-0.2, -0.15) is 0 Å². The lowest BCUT2D eigenvalue weighted by Gasteiger charge is -2.30. The van der Waals surface area contributed by atoms with Crippen LogP contribution in [-0.4, -0.2) is 21.5 Å². The Labute approximate surface area is 149 Å². The van der Waals surface area contributed by atoms with Gasteiger partial charge in [-0.3, -0.25) is 14.4 Å². The first kappa shape index (κ1) is 16.7. The van der Waals surface area contributed by atoms with E-state index in [0.29, 0.717) is 29.3 Å². The van der Waals surface area contributed by atoms with Gasteiger partial charge < -0.3 is 10.1 Å². The van der Waals surface area contributed by atoms with Crippen LogP contribution in [0.1, 0.15) is 42.5 Å². The molecule has 2 aromatic carbocycles. The van der Waals surface area contributed by atoms with Crippen LogP contribution in [0.4, 0.5) is 0 Å². The van der Waals surface area contributed by atoms with Gasteiger partial charge in [-0.1, -0.05) is 31.4 Å². The molecule has 0 atom stereocenters. The van der Waals surface area contributed by atoms with Crippen molar-refractivity contribution in [3.8, 4) is 0 Å². The van der Waals surface area contributed by atoms with E-state index in [-0.39, 0.29) is 16.7 Å². The highest BCUT2D eigenvalue weighted by Crippen LogP contribution is 2.31. The van der Waals surface area contributed by atoms with Gasteiger partial charge in [0.2, 0.25) is 10.9 Å². The van der Waals surface area contributed by atoms with E-state index >= 15 is 0 Å². The smallest absolute Gasteiger partial charge is 0.235 e. The quantitative estimate of drug-likeness (QED) is 0.550. The van der Waals surface area contributed by atoms with E-state index in [1.165, 1.54) is 6.07 Å². The van der Waals surface area contributed by atoms with E-state index in [1.54, 1.807) is 36.4 Å². The summed E-state index contributed by atoms with van der Waals surface area (Å²) in [6.07, 6.45) is 3.48. The molecule has 4 rings (SSSR count). The minimum atomic E-state index is -1.37. The summed E-state index contributed by atoms with van der Waals surface area (Å²) in [5, 5.41) is 11.2. The molecule has 5 heteroatoms. The average Bonchev–Trinajstić information content (AvgIpc) is 2.77. The van der Waals surface area contributed by atoms with Crippen LogP contribution in [0.5, 0.6) is 0 Å². The summed E-state index contributed by atoms with van der Waals surface area (Å²) in [6, 6.07) is 11.5. The van der Waals surface area contributed by atoms with Gasteiger partial charge in [0.05, 0.1) is 5.39 Å². The van der Waals surface area contributed by atoms with E-state index in [4.69, 9.17) is 0 Å². The molecule has 0 saturated heterocycles. The van der Waals surface area contributed by atoms with Crippen molar-refractivity contribution in [3.63, 3.8) is 0 Å². The zero-order valence-electron chi connectivity index (χ0n) is 14.2. The van der Waals surface area contributed by atoms with Gasteiger partial charge in [0.25, 0.3) is 0 Å². The van der Waals surface area contributed by atoms with E-state index < -0.39 is 16.5 Å². The number of carbonyl (C=O) groups is 1. The third-order valence-corrected chi connectivity index (χ3v) is 5.28. The molecular formula is C21H19NO4. The fourth-order valence-electron chi connectivity index (χ4n) is 3.79. The number of rotatable bonds is 2. The second-order valence-corrected chi connectivity index (χ2v) is 7.01. The number of para-hydroxylation sites is 1. The number of carbonyl (C=O) groups excluding carboxylic acids is 1. The van der Waals surface area contributed by atoms with Gasteiger partial charge in [0.1, 0.15) is 5.60 Å². The molecule has 2 N–H and O–H groups in total. The van der Waals surface area contributed by atoms with Gasteiger partial charge in [-0.05, 0) is 43.2 Å². The monoisotopic (exact) mass is 349 g/mol. The third kappa shape index (κ3) is 2.65. The number of ketones is 1. The molecule has 1 aromatic heterocycles. The van der Waals surface area contributed by atoms with Crippen LogP contribution in [0.25, 0.3) is 21.8 Å². The Kier molecular flexibility index (Phi) is 3.96. The van der Waals surface area contributed by atoms with Crippen LogP contribution in [0.15, 0.2) is 52.1 Å². The summed E-state index contributed by atoms with van der Waals surface area (Å²) >= 11 is 0. The number of hydrogen-bond acceptors (Lipinski definition) is 4. The van der Waals surface area contributed by atoms with E-state index in [9.17, 15) is 19.5 Å². The number of aromatic nitrogens is 1. The number of aromatic amines is 1. The maximum Gasteiger partial charge on any atom is 0.235 e. The average molecular weight is 349 g/mol. The molecular weight excluding hydrogens is 330 g/mol. The lowest BCUT2D eigenvalue weighted by molar-refractivity contribution is 0.0116. The molecule has 5 nitrogen and oxygen atoms in total. The Morgan fingerprint density at radius 3 is 2.31 bits per heavy atom. The topological polar surface area (TPSA) is 87.2 Å². The zero-order chi connectivity index (χ0) is 18.3. The van der Waals surface area contributed by atoms with Crippen LogP contribution in [-0.2, 0) is 0 Å². The predicted octanol–water partition coefficient (Wildman–Crippen LogP) is 2.92. The zero-order valence-corrected chi connectivity index (χ0v) is 14.2. The largest absolute Gasteiger partial charge is 0.382 e. The van der Waals surface area contributed by atoms with Gasteiger partial charge in [-0.25, -0.2) is 0 Å². The number of nitrogens with one attached hydrogen (secondary N) is 1. The number of H-pyrrole nitrogens is 1. The molecule has 1 aliphatic rings. The normalized spacial score (nSPS) is 16.7. The molecule has 1 saturated carbocycles. The second-order valence-electron chi connectivity index (χ2n) is 7.01. The predicted molar refractivity (Wildman–Crippen MR) is 101 cm³/mol. The Balaban J connectivity index is 1.94. The van der Waals surface area contributed by atoms with Gasteiger partial charge in [0.15, 0.2) is 5.78 Å². The number of Topliss-reactive ketones (excluding diaryl/α,β-unsaturated/α-hetero) is 1. The number of aliphatic hydroxyl groups is 1. The second kappa shape index (κ2) is 6.18. The molecule has 1 fully saturated rings. The minimum Gasteiger partial charge on any atom is -0.382 e. The van der Waals surface area contributed by atoms with E-state index in [2.05, 4.69) is 4.98 Å². The van der Waals surface area contributed by atoms with Crippen molar-refractivity contribution >= 4 is 27.6 Å². The minimum absolute atomic E-state index is 0.163. The molecule has 0 spiro atoms. The Morgan fingerprint density at radius 2 is 1.54 bits per heavy atom. The van der Waals surface area contributed by atoms with Crippen molar-refractivity contribution in [2.75, 3.05) is 0 Å². The molecule has 0 bridgehead atoms. The Morgan fingerprint density at radius 1 is 0.885 bits per heavy atom. The fraction of sp³-hybridized carbons (Fsp3) is 0.286. The molecule has 132 valence electrons. The van der Waals surface area contributed by atoms with Gasteiger partial charge in [-0.15, -0.1) is 0 Å². The first-order valence-corrected chi connectivity index (χ1v) is 8.86. The highest BCUT2D eigenvalue weighted by Gasteiger charge is 2.37. The maximum absolute atomic E-state index is 12.8. The molecule has 0 amide bonds. The summed E-state index contributed by atoms with van der Waals surface area (Å²) in [7, 11) is 0. The summed E-state index contributed by atoms with van der Waals surface area (Å²) in [5.41, 5.74) is -1.31. The molecule has 26 heavy (non-hydrogen) atoms. The van der Waals surface area contributed by atoms with Crippen molar-refractivity contribution in [3.05, 3.63) is 68.5 Å². The number of benzene rings is 2. The van der Waals surface area contributed by atoms with Crippen LogP contribution in [0.2, 0.25) is 0 Å². The summed E-state index contributed by atoms with van der Waals surface area (Å²) < 4.78 is 0. The molecule has 1 heterocycles. The third-order valence-electron chi connectivity index (χ3n) is 5.28. The van der Waals surface area contributed by atoms with Crippen molar-refractivity contribution in [2.24, 2.45) is 0 Å².